The molecule has 1 amide bonds. The van der Waals surface area contributed by atoms with E-state index in [0.29, 0.717) is 16.9 Å². The van der Waals surface area contributed by atoms with E-state index in [1.54, 1.807) is 36.4 Å². The van der Waals surface area contributed by atoms with Crippen molar-refractivity contribution in [1.82, 2.24) is 0 Å². The zero-order valence-electron chi connectivity index (χ0n) is 13.9. The fourth-order valence-corrected chi connectivity index (χ4v) is 2.31. The van der Waals surface area contributed by atoms with E-state index in [4.69, 9.17) is 5.73 Å². The first kappa shape index (κ1) is 16.4. The van der Waals surface area contributed by atoms with Crippen LogP contribution in [-0.4, -0.2) is 5.91 Å². The van der Waals surface area contributed by atoms with Gasteiger partial charge in [0.15, 0.2) is 0 Å². The van der Waals surface area contributed by atoms with Crippen LogP contribution in [0.4, 0.5) is 17.1 Å². The molecule has 1 aliphatic rings. The maximum Gasteiger partial charge on any atom is 0.255 e. The Balaban J connectivity index is 1.65. The van der Waals surface area contributed by atoms with Gasteiger partial charge in [0.05, 0.1) is 0 Å². The molecular formula is C21H19N3O. The summed E-state index contributed by atoms with van der Waals surface area (Å²) in [7, 11) is 0. The van der Waals surface area contributed by atoms with Gasteiger partial charge >= 0.3 is 0 Å². The topological polar surface area (TPSA) is 67.2 Å². The van der Waals surface area contributed by atoms with Crippen molar-refractivity contribution in [2.75, 3.05) is 16.4 Å². The molecule has 0 radical (unpaired) electrons. The lowest BCUT2D eigenvalue weighted by Gasteiger charge is -2.09. The van der Waals surface area contributed by atoms with Gasteiger partial charge in [0, 0.05) is 28.3 Å². The average molecular weight is 329 g/mol. The van der Waals surface area contributed by atoms with Gasteiger partial charge in [0.1, 0.15) is 0 Å². The molecule has 25 heavy (non-hydrogen) atoms. The predicted molar refractivity (Wildman–Crippen MR) is 103 cm³/mol. The summed E-state index contributed by atoms with van der Waals surface area (Å²) in [6.45, 7) is 2.00. The Hall–Kier alpha value is -3.49. The monoisotopic (exact) mass is 329 g/mol. The Morgan fingerprint density at radius 2 is 1.64 bits per heavy atom. The van der Waals surface area contributed by atoms with Crippen molar-refractivity contribution in [3.63, 3.8) is 0 Å². The highest BCUT2D eigenvalue weighted by Crippen LogP contribution is 2.16. The lowest BCUT2D eigenvalue weighted by atomic mass is 10.1. The Kier molecular flexibility index (Phi) is 4.84. The summed E-state index contributed by atoms with van der Waals surface area (Å²) in [5.41, 5.74) is 13.7. The van der Waals surface area contributed by atoms with Gasteiger partial charge in [-0.3, -0.25) is 4.79 Å². The quantitative estimate of drug-likeness (QED) is 0.572. The molecule has 3 rings (SSSR count). The van der Waals surface area contributed by atoms with Crippen LogP contribution in [0, 0.1) is 0 Å². The largest absolute Gasteiger partial charge is 0.399 e. The molecule has 0 aromatic heterocycles. The number of anilines is 3. The van der Waals surface area contributed by atoms with Crippen LogP contribution in [0.15, 0.2) is 89.8 Å². The predicted octanol–water partition coefficient (Wildman–Crippen LogP) is 4.49. The van der Waals surface area contributed by atoms with Crippen molar-refractivity contribution >= 4 is 23.0 Å². The fraction of sp³-hybridized carbons (Fsp3) is 0.0476. The molecule has 0 aliphatic heterocycles. The number of nitrogen functional groups attached to an aromatic ring is 1. The Morgan fingerprint density at radius 3 is 2.36 bits per heavy atom. The van der Waals surface area contributed by atoms with E-state index in [2.05, 4.69) is 16.4 Å². The van der Waals surface area contributed by atoms with Crippen LogP contribution >= 0.6 is 0 Å². The zero-order valence-corrected chi connectivity index (χ0v) is 13.9. The highest BCUT2D eigenvalue weighted by Gasteiger charge is 2.06. The van der Waals surface area contributed by atoms with Crippen molar-refractivity contribution in [3.8, 4) is 0 Å². The molecule has 0 saturated heterocycles. The van der Waals surface area contributed by atoms with Crippen LogP contribution in [0.5, 0.6) is 0 Å². The van der Waals surface area contributed by atoms with Gasteiger partial charge in [-0.1, -0.05) is 0 Å². The molecule has 0 unspecified atom stereocenters. The second-order valence-electron chi connectivity index (χ2n) is 5.73. The first-order valence-electron chi connectivity index (χ1n) is 7.96. The summed E-state index contributed by atoms with van der Waals surface area (Å²) >= 11 is 0. The number of carbonyl (C=O) groups excluding carboxylic acids is 1. The van der Waals surface area contributed by atoms with Crippen LogP contribution in [0.25, 0.3) is 0 Å². The number of nitrogens with two attached hydrogens (primary N) is 1. The number of hydrogen-bond donors (Lipinski definition) is 3. The summed E-state index contributed by atoms with van der Waals surface area (Å²) in [6, 6.07) is 14.4. The number of amides is 1. The van der Waals surface area contributed by atoms with E-state index in [9.17, 15) is 4.79 Å². The molecule has 4 N–H and O–H groups in total. The molecule has 124 valence electrons. The third-order valence-electron chi connectivity index (χ3n) is 3.69. The maximum atomic E-state index is 12.3. The molecule has 1 aliphatic carbocycles. The molecule has 0 spiro atoms. The second-order valence-corrected chi connectivity index (χ2v) is 5.73. The Morgan fingerprint density at radius 1 is 0.960 bits per heavy atom. The smallest absolute Gasteiger partial charge is 0.255 e. The van der Waals surface area contributed by atoms with Gasteiger partial charge in [-0.2, -0.15) is 0 Å². The summed E-state index contributed by atoms with van der Waals surface area (Å²) in [5.74, 6) is -0.160. The number of benzene rings is 2. The molecule has 0 fully saturated rings. The van der Waals surface area contributed by atoms with Crippen molar-refractivity contribution in [1.29, 1.82) is 0 Å². The molecule has 4 nitrogen and oxygen atoms in total. The van der Waals surface area contributed by atoms with Crippen molar-refractivity contribution in [2.45, 2.75) is 6.92 Å². The van der Waals surface area contributed by atoms with Crippen LogP contribution in [0.1, 0.15) is 17.3 Å². The summed E-state index contributed by atoms with van der Waals surface area (Å²) in [6.07, 6.45) is 7.82. The molecule has 2 aromatic rings. The van der Waals surface area contributed by atoms with Gasteiger partial charge < -0.3 is 16.4 Å². The first-order valence-corrected chi connectivity index (χ1v) is 7.96. The highest BCUT2D eigenvalue weighted by molar-refractivity contribution is 6.04. The minimum Gasteiger partial charge on any atom is -0.399 e. The summed E-state index contributed by atoms with van der Waals surface area (Å²) in [5, 5.41) is 6.15. The molecule has 4 heteroatoms. The van der Waals surface area contributed by atoms with Gasteiger partial charge in [-0.15, -0.1) is 5.73 Å². The van der Waals surface area contributed by atoms with Gasteiger partial charge in [0.2, 0.25) is 0 Å². The van der Waals surface area contributed by atoms with Crippen LogP contribution in [0.2, 0.25) is 0 Å². The zero-order chi connectivity index (χ0) is 17.6. The van der Waals surface area contributed by atoms with Crippen LogP contribution < -0.4 is 16.4 Å². The van der Waals surface area contributed by atoms with Crippen molar-refractivity contribution in [2.24, 2.45) is 0 Å². The van der Waals surface area contributed by atoms with Crippen LogP contribution in [0.3, 0.4) is 0 Å². The SMILES string of the molecule is CC1=C=CC=C(Nc2ccc(C(=O)Nc3ccc(N)cc3)cc2)C=C1. The standard InChI is InChI=1S/C21H19N3O/c1-15-3-2-4-18(10-5-15)23-19-11-6-16(7-12-19)21(25)24-20-13-8-17(22)9-14-20/h2,4-14,23H,22H2,1H3,(H,24,25). The maximum absolute atomic E-state index is 12.3. The van der Waals surface area contributed by atoms with E-state index >= 15 is 0 Å². The fourth-order valence-electron chi connectivity index (χ4n) is 2.31. The third kappa shape index (κ3) is 4.50. The number of allylic oxidation sites excluding steroid dienone is 4. The van der Waals surface area contributed by atoms with Crippen LogP contribution in [-0.2, 0) is 0 Å². The van der Waals surface area contributed by atoms with Gasteiger partial charge in [0.25, 0.3) is 5.91 Å². The summed E-state index contributed by atoms with van der Waals surface area (Å²) < 4.78 is 0. The average Bonchev–Trinajstić information content (AvgIpc) is 2.82. The molecule has 0 saturated carbocycles. The Labute approximate surface area is 147 Å². The number of carbonyl (C=O) groups is 1. The van der Waals surface area contributed by atoms with E-state index in [0.717, 1.165) is 17.0 Å². The molecule has 0 heterocycles. The normalized spacial score (nSPS) is 12.8. The van der Waals surface area contributed by atoms with E-state index < -0.39 is 0 Å². The first-order chi connectivity index (χ1) is 12.1. The minimum absolute atomic E-state index is 0.160. The molecular weight excluding hydrogens is 310 g/mol. The van der Waals surface area contributed by atoms with E-state index in [-0.39, 0.29) is 5.91 Å². The van der Waals surface area contributed by atoms with Gasteiger partial charge in [-0.25, -0.2) is 0 Å². The third-order valence-corrected chi connectivity index (χ3v) is 3.69. The van der Waals surface area contributed by atoms with Crippen molar-refractivity contribution < 1.29 is 4.79 Å². The Bertz CT molecular complexity index is 897. The van der Waals surface area contributed by atoms with Gasteiger partial charge in [-0.05, 0) is 85.3 Å². The van der Waals surface area contributed by atoms with Crippen molar-refractivity contribution in [3.05, 3.63) is 95.4 Å². The summed E-state index contributed by atoms with van der Waals surface area (Å²) in [4.78, 5) is 12.3. The van der Waals surface area contributed by atoms with E-state index in [1.165, 1.54) is 0 Å². The molecule has 0 bridgehead atoms. The number of rotatable bonds is 4. The molecule has 2 aromatic carbocycles. The lowest BCUT2D eigenvalue weighted by Crippen LogP contribution is -2.11. The van der Waals surface area contributed by atoms with E-state index in [1.807, 2.05) is 43.4 Å². The highest BCUT2D eigenvalue weighted by atomic mass is 16.1. The lowest BCUT2D eigenvalue weighted by molar-refractivity contribution is 0.102. The molecule has 0 atom stereocenters. The minimum atomic E-state index is -0.160. The number of nitrogens with one attached hydrogen (secondary N) is 2. The second kappa shape index (κ2) is 7.39. The number of hydrogen-bond acceptors (Lipinski definition) is 3.